The van der Waals surface area contributed by atoms with E-state index in [9.17, 15) is 0 Å². The summed E-state index contributed by atoms with van der Waals surface area (Å²) in [6, 6.07) is 16.3. The molecule has 2 heteroatoms. The van der Waals surface area contributed by atoms with Crippen LogP contribution in [0.1, 0.15) is 18.2 Å². The first-order chi connectivity index (χ1) is 10.3. The summed E-state index contributed by atoms with van der Waals surface area (Å²) in [5.74, 6) is 0. The molecular weight excluding hydrogens is 253 g/mol. The predicted octanol–water partition coefficient (Wildman–Crippen LogP) is 4.10. The van der Waals surface area contributed by atoms with Crippen molar-refractivity contribution in [3.8, 4) is 5.69 Å². The topological polar surface area (TPSA) is 4.93 Å². The van der Waals surface area contributed by atoms with Crippen LogP contribution < -0.4 is 5.46 Å². The lowest BCUT2D eigenvalue weighted by Crippen LogP contribution is -2.00. The molecule has 0 aliphatic heterocycles. The molecule has 100 valence electrons. The van der Waals surface area contributed by atoms with Crippen molar-refractivity contribution in [2.45, 2.75) is 6.92 Å². The highest BCUT2D eigenvalue weighted by Gasteiger charge is 2.14. The maximum absolute atomic E-state index is 5.97. The van der Waals surface area contributed by atoms with Gasteiger partial charge in [-0.1, -0.05) is 54.5 Å². The number of aromatic nitrogens is 1. The molecule has 2 radical (unpaired) electrons. The van der Waals surface area contributed by atoms with Crippen LogP contribution in [0.3, 0.4) is 0 Å². The van der Waals surface area contributed by atoms with E-state index in [1.807, 2.05) is 49.4 Å². The largest absolute Gasteiger partial charge is 0.309 e. The minimum absolute atomic E-state index is 0.772. The first-order valence-electron chi connectivity index (χ1n) is 7.00. The highest BCUT2D eigenvalue weighted by Crippen LogP contribution is 2.30. The molecule has 0 fully saturated rings. The maximum atomic E-state index is 5.97. The number of benzene rings is 2. The van der Waals surface area contributed by atoms with E-state index in [1.54, 1.807) is 0 Å². The monoisotopic (exact) mass is 269 g/mol. The van der Waals surface area contributed by atoms with Crippen molar-refractivity contribution in [1.29, 1.82) is 0 Å². The van der Waals surface area contributed by atoms with Crippen LogP contribution in [0.2, 0.25) is 0 Å². The van der Waals surface area contributed by atoms with Crippen LogP contribution in [-0.4, -0.2) is 12.4 Å². The van der Waals surface area contributed by atoms with Gasteiger partial charge in [0.1, 0.15) is 7.85 Å². The van der Waals surface area contributed by atoms with Gasteiger partial charge in [-0.2, -0.15) is 0 Å². The van der Waals surface area contributed by atoms with Crippen molar-refractivity contribution >= 4 is 36.4 Å². The summed E-state index contributed by atoms with van der Waals surface area (Å²) < 4.78 is 2.22. The van der Waals surface area contributed by atoms with Crippen LogP contribution in [-0.2, 0) is 0 Å². The molecule has 0 amide bonds. The van der Waals surface area contributed by atoms with Gasteiger partial charge < -0.3 is 4.57 Å². The zero-order valence-corrected chi connectivity index (χ0v) is 12.1. The van der Waals surface area contributed by atoms with Gasteiger partial charge in [0.15, 0.2) is 0 Å². The second kappa shape index (κ2) is 5.49. The third-order valence-electron chi connectivity index (χ3n) is 3.61. The van der Waals surface area contributed by atoms with Crippen LogP contribution in [0.4, 0.5) is 0 Å². The fourth-order valence-electron chi connectivity index (χ4n) is 2.75. The normalized spacial score (nSPS) is 11.3. The van der Waals surface area contributed by atoms with Gasteiger partial charge in [-0.05, 0) is 31.2 Å². The minimum atomic E-state index is 0.772. The summed E-state index contributed by atoms with van der Waals surface area (Å²) in [7, 11) is 5.97. The average Bonchev–Trinajstić information content (AvgIpc) is 2.82. The van der Waals surface area contributed by atoms with Crippen LogP contribution in [0.15, 0.2) is 61.2 Å². The lowest BCUT2D eigenvalue weighted by atomic mass is 9.94. The molecule has 3 rings (SSSR count). The molecule has 0 spiro atoms. The first-order valence-corrected chi connectivity index (χ1v) is 7.00. The van der Waals surface area contributed by atoms with Crippen LogP contribution in [0.5, 0.6) is 0 Å². The number of fused-ring (bicyclic) bond motifs is 1. The van der Waals surface area contributed by atoms with E-state index < -0.39 is 0 Å². The van der Waals surface area contributed by atoms with Crippen molar-refractivity contribution in [2.24, 2.45) is 0 Å². The van der Waals surface area contributed by atoms with Crippen molar-refractivity contribution < 1.29 is 0 Å². The number of rotatable bonds is 3. The average molecular weight is 269 g/mol. The summed E-state index contributed by atoms with van der Waals surface area (Å²) in [5, 5.41) is 1.15. The van der Waals surface area contributed by atoms with Gasteiger partial charge in [0.2, 0.25) is 0 Å². The SMILES string of the molecule is [B]c1ccc2c(c1)c(/C=C\C)c(C=C)n2-c1ccccc1. The van der Waals surface area contributed by atoms with E-state index in [-0.39, 0.29) is 0 Å². The molecule has 1 aromatic heterocycles. The van der Waals surface area contributed by atoms with E-state index in [2.05, 4.69) is 35.4 Å². The molecule has 0 saturated heterocycles. The Morgan fingerprint density at radius 1 is 1.10 bits per heavy atom. The summed E-state index contributed by atoms with van der Waals surface area (Å²) >= 11 is 0. The van der Waals surface area contributed by atoms with Gasteiger partial charge in [0.05, 0.1) is 11.2 Å². The molecule has 2 aromatic carbocycles. The van der Waals surface area contributed by atoms with E-state index in [4.69, 9.17) is 7.85 Å². The third kappa shape index (κ3) is 2.23. The summed E-state index contributed by atoms with van der Waals surface area (Å²) in [5.41, 5.74) is 5.27. The molecule has 21 heavy (non-hydrogen) atoms. The number of para-hydroxylation sites is 1. The third-order valence-corrected chi connectivity index (χ3v) is 3.61. The molecule has 0 N–H and O–H groups in total. The molecule has 0 atom stereocenters. The smallest absolute Gasteiger partial charge is 0.113 e. The van der Waals surface area contributed by atoms with Crippen LogP contribution in [0.25, 0.3) is 28.7 Å². The van der Waals surface area contributed by atoms with E-state index in [1.165, 1.54) is 0 Å². The van der Waals surface area contributed by atoms with Gasteiger partial charge in [0, 0.05) is 16.6 Å². The molecule has 0 aliphatic rings. The number of allylic oxidation sites excluding steroid dienone is 1. The molecule has 3 aromatic rings. The highest BCUT2D eigenvalue weighted by molar-refractivity contribution is 6.33. The van der Waals surface area contributed by atoms with E-state index in [0.717, 1.165) is 33.3 Å². The first kappa shape index (κ1) is 13.5. The molecule has 0 bridgehead atoms. The fourth-order valence-corrected chi connectivity index (χ4v) is 2.75. The predicted molar refractivity (Wildman–Crippen MR) is 93.5 cm³/mol. The summed E-state index contributed by atoms with van der Waals surface area (Å²) in [6.07, 6.45) is 6.05. The number of nitrogens with zero attached hydrogens (tertiary/aromatic N) is 1. The Morgan fingerprint density at radius 2 is 1.86 bits per heavy atom. The Balaban J connectivity index is 2.46. The van der Waals surface area contributed by atoms with Crippen molar-refractivity contribution in [1.82, 2.24) is 4.57 Å². The Morgan fingerprint density at radius 3 is 2.52 bits per heavy atom. The fraction of sp³-hybridized carbons (Fsp3) is 0.0526. The maximum Gasteiger partial charge on any atom is 0.113 e. The number of hydrogen-bond donors (Lipinski definition) is 0. The van der Waals surface area contributed by atoms with E-state index >= 15 is 0 Å². The molecule has 0 aliphatic carbocycles. The molecule has 1 heterocycles. The number of hydrogen-bond acceptors (Lipinski definition) is 0. The van der Waals surface area contributed by atoms with Gasteiger partial charge in [-0.15, -0.1) is 0 Å². The Kier molecular flexibility index (Phi) is 3.53. The lowest BCUT2D eigenvalue weighted by molar-refractivity contribution is 1.11. The van der Waals surface area contributed by atoms with Gasteiger partial charge in [0.25, 0.3) is 0 Å². The second-order valence-electron chi connectivity index (χ2n) is 4.95. The Hall–Kier alpha value is -2.48. The molecular formula is C19H16BN. The minimum Gasteiger partial charge on any atom is -0.309 e. The Labute approximate surface area is 126 Å². The zero-order valence-electron chi connectivity index (χ0n) is 12.1. The van der Waals surface area contributed by atoms with Crippen molar-refractivity contribution in [2.75, 3.05) is 0 Å². The highest BCUT2D eigenvalue weighted by atomic mass is 15.0. The van der Waals surface area contributed by atoms with Gasteiger partial charge in [-0.3, -0.25) is 0 Å². The van der Waals surface area contributed by atoms with Crippen molar-refractivity contribution in [3.63, 3.8) is 0 Å². The quantitative estimate of drug-likeness (QED) is 0.631. The van der Waals surface area contributed by atoms with E-state index in [0.29, 0.717) is 0 Å². The molecule has 0 unspecified atom stereocenters. The van der Waals surface area contributed by atoms with Crippen LogP contribution >= 0.6 is 0 Å². The zero-order chi connectivity index (χ0) is 14.8. The van der Waals surface area contributed by atoms with Gasteiger partial charge >= 0.3 is 0 Å². The van der Waals surface area contributed by atoms with Crippen LogP contribution in [0, 0.1) is 0 Å². The summed E-state index contributed by atoms with van der Waals surface area (Å²) in [6.45, 7) is 6.01. The standard InChI is InChI=1S/C19H16BN/c1-3-8-16-17-13-14(20)11-12-19(17)21(18(16)4-2)15-9-6-5-7-10-15/h3-13H,2H2,1H3/b8-3-. The van der Waals surface area contributed by atoms with Crippen molar-refractivity contribution in [3.05, 3.63) is 72.4 Å². The Bertz CT molecular complexity index is 826. The lowest BCUT2D eigenvalue weighted by Gasteiger charge is -2.08. The van der Waals surface area contributed by atoms with Gasteiger partial charge in [-0.25, -0.2) is 0 Å². The second-order valence-corrected chi connectivity index (χ2v) is 4.95. The molecule has 1 nitrogen and oxygen atoms in total. The molecule has 0 saturated carbocycles. The summed E-state index contributed by atoms with van der Waals surface area (Å²) in [4.78, 5) is 0.